The fourth-order valence-corrected chi connectivity index (χ4v) is 4.61. The maximum atomic E-state index is 13.2. The lowest BCUT2D eigenvalue weighted by Gasteiger charge is -2.24. The van der Waals surface area contributed by atoms with E-state index >= 15 is 0 Å². The number of nitrogens with zero attached hydrogens (tertiary/aromatic N) is 3. The van der Waals surface area contributed by atoms with Crippen LogP contribution in [0.2, 0.25) is 5.02 Å². The summed E-state index contributed by atoms with van der Waals surface area (Å²) >= 11 is 6.54. The smallest absolute Gasteiger partial charge is 0.416 e. The summed E-state index contributed by atoms with van der Waals surface area (Å²) in [4.78, 5) is 23.0. The standard InChI is InChI=1S/C31H31ClF3N5O4/c1-30(2,42)22-13-27(44-18-8-6-7-17(11-18)31(33,34)35)23(32)14-25(22)39-29-21-12-20(19(28(36)41)9-10-40(3)4)26(43-5)15-24(21)37-16-38-29/h6-9,11-16,42H,10H2,1-5H3,(H2,36,41)(H,37,38,39). The third-order valence-corrected chi connectivity index (χ3v) is 6.84. The lowest BCUT2D eigenvalue weighted by molar-refractivity contribution is -0.137. The van der Waals surface area contributed by atoms with Crippen LogP contribution in [0.1, 0.15) is 30.5 Å². The number of halogens is 4. The molecule has 4 rings (SSSR count). The van der Waals surface area contributed by atoms with Gasteiger partial charge in [-0.3, -0.25) is 4.79 Å². The summed E-state index contributed by atoms with van der Waals surface area (Å²) in [6.07, 6.45) is -1.53. The van der Waals surface area contributed by atoms with Crippen LogP contribution >= 0.6 is 11.6 Å². The molecule has 0 radical (unpaired) electrons. The van der Waals surface area contributed by atoms with E-state index in [9.17, 15) is 23.1 Å². The number of alkyl halides is 3. The highest BCUT2D eigenvalue weighted by Gasteiger charge is 2.31. The van der Waals surface area contributed by atoms with Gasteiger partial charge in [-0.1, -0.05) is 23.7 Å². The van der Waals surface area contributed by atoms with Gasteiger partial charge in [-0.2, -0.15) is 13.2 Å². The van der Waals surface area contributed by atoms with Crippen molar-refractivity contribution in [2.24, 2.45) is 5.73 Å². The number of carbonyl (C=O) groups excluding carboxylic acids is 1. The van der Waals surface area contributed by atoms with Gasteiger partial charge in [0.15, 0.2) is 0 Å². The Hall–Kier alpha value is -4.39. The SMILES string of the molecule is COc1cc2ncnc(Nc3cc(Cl)c(Oc4cccc(C(F)(F)F)c4)cc3C(C)(C)O)c2cc1C(=CCN(C)C)C(N)=O. The molecule has 0 fully saturated rings. The van der Waals surface area contributed by atoms with Crippen molar-refractivity contribution < 1.29 is 32.5 Å². The van der Waals surface area contributed by atoms with Crippen molar-refractivity contribution >= 4 is 45.5 Å². The minimum atomic E-state index is -4.56. The van der Waals surface area contributed by atoms with Crippen molar-refractivity contribution in [3.05, 3.63) is 82.6 Å². The molecule has 0 aliphatic rings. The molecule has 1 amide bonds. The van der Waals surface area contributed by atoms with Gasteiger partial charge in [0.25, 0.3) is 0 Å². The van der Waals surface area contributed by atoms with Gasteiger partial charge in [-0.25, -0.2) is 9.97 Å². The van der Waals surface area contributed by atoms with Crippen LogP contribution in [0.3, 0.4) is 0 Å². The van der Waals surface area contributed by atoms with Crippen LogP contribution < -0.4 is 20.5 Å². The fourth-order valence-electron chi connectivity index (χ4n) is 4.41. The highest BCUT2D eigenvalue weighted by Crippen LogP contribution is 2.41. The van der Waals surface area contributed by atoms with E-state index in [1.807, 2.05) is 19.0 Å². The van der Waals surface area contributed by atoms with Crippen LogP contribution in [-0.4, -0.2) is 53.6 Å². The first-order chi connectivity index (χ1) is 20.6. The van der Waals surface area contributed by atoms with Crippen LogP contribution in [0, 0.1) is 0 Å². The minimum absolute atomic E-state index is 0.0327. The first-order valence-corrected chi connectivity index (χ1v) is 13.6. The van der Waals surface area contributed by atoms with E-state index in [1.165, 1.54) is 51.6 Å². The number of rotatable bonds is 10. The summed E-state index contributed by atoms with van der Waals surface area (Å²) < 4.78 is 51.0. The average Bonchev–Trinajstić information content (AvgIpc) is 2.93. The largest absolute Gasteiger partial charge is 0.496 e. The number of primary amides is 1. The summed E-state index contributed by atoms with van der Waals surface area (Å²) in [6.45, 7) is 3.51. The normalized spacial score (nSPS) is 12.5. The molecule has 0 aliphatic heterocycles. The van der Waals surface area contributed by atoms with Gasteiger partial charge in [0.1, 0.15) is 29.4 Å². The number of nitrogens with one attached hydrogen (secondary N) is 1. The molecule has 0 bridgehead atoms. The van der Waals surface area contributed by atoms with E-state index in [0.717, 1.165) is 12.1 Å². The molecule has 0 atom stereocenters. The molecule has 4 aromatic rings. The molecule has 0 saturated carbocycles. The second-order valence-electron chi connectivity index (χ2n) is 10.7. The molecule has 0 unspecified atom stereocenters. The van der Waals surface area contributed by atoms with Gasteiger partial charge in [-0.15, -0.1) is 0 Å². The zero-order chi connectivity index (χ0) is 32.4. The molecule has 13 heteroatoms. The molecule has 0 aliphatic carbocycles. The molecule has 3 aromatic carbocycles. The summed E-state index contributed by atoms with van der Waals surface area (Å²) in [5, 5.41) is 14.8. The number of methoxy groups -OCH3 is 1. The van der Waals surface area contributed by atoms with Crippen LogP contribution in [0.25, 0.3) is 16.5 Å². The summed E-state index contributed by atoms with van der Waals surface area (Å²) in [5.41, 5.74) is 5.20. The topological polar surface area (TPSA) is 123 Å². The van der Waals surface area contributed by atoms with E-state index < -0.39 is 23.2 Å². The highest BCUT2D eigenvalue weighted by atomic mass is 35.5. The average molecular weight is 630 g/mol. The molecule has 44 heavy (non-hydrogen) atoms. The van der Waals surface area contributed by atoms with Gasteiger partial charge < -0.3 is 30.5 Å². The molecule has 0 spiro atoms. The molecule has 1 aromatic heterocycles. The molecular formula is C31H31ClF3N5O4. The lowest BCUT2D eigenvalue weighted by Crippen LogP contribution is -2.18. The molecule has 1 heterocycles. The predicted molar refractivity (Wildman–Crippen MR) is 163 cm³/mol. The minimum Gasteiger partial charge on any atom is -0.496 e. The number of aromatic nitrogens is 2. The van der Waals surface area contributed by atoms with E-state index in [-0.39, 0.29) is 22.1 Å². The van der Waals surface area contributed by atoms with Gasteiger partial charge in [0.2, 0.25) is 5.91 Å². The Morgan fingerprint density at radius 3 is 2.45 bits per heavy atom. The van der Waals surface area contributed by atoms with Crippen molar-refractivity contribution in [3.8, 4) is 17.2 Å². The first kappa shape index (κ1) is 32.5. The maximum absolute atomic E-state index is 13.2. The third-order valence-electron chi connectivity index (χ3n) is 6.55. The predicted octanol–water partition coefficient (Wildman–Crippen LogP) is 6.50. The lowest BCUT2D eigenvalue weighted by atomic mass is 9.95. The number of ether oxygens (including phenoxy) is 2. The van der Waals surface area contributed by atoms with Gasteiger partial charge >= 0.3 is 6.18 Å². The quantitative estimate of drug-likeness (QED) is 0.170. The van der Waals surface area contributed by atoms with E-state index in [0.29, 0.717) is 45.8 Å². The number of amides is 1. The molecule has 0 saturated heterocycles. The molecule has 4 N–H and O–H groups in total. The number of likely N-dealkylation sites (N-methyl/N-ethyl adjacent to an activating group) is 1. The number of anilines is 2. The zero-order valence-corrected chi connectivity index (χ0v) is 25.3. The number of hydrogen-bond donors (Lipinski definition) is 3. The van der Waals surface area contributed by atoms with Crippen molar-refractivity contribution in [1.82, 2.24) is 14.9 Å². The second kappa shape index (κ2) is 12.7. The molecule has 9 nitrogen and oxygen atoms in total. The molecule has 232 valence electrons. The summed E-state index contributed by atoms with van der Waals surface area (Å²) in [5.74, 6) is -0.0145. The van der Waals surface area contributed by atoms with E-state index in [4.69, 9.17) is 26.8 Å². The monoisotopic (exact) mass is 629 g/mol. The molecular weight excluding hydrogens is 599 g/mol. The van der Waals surface area contributed by atoms with Gasteiger partial charge in [0.05, 0.1) is 28.8 Å². The van der Waals surface area contributed by atoms with Crippen molar-refractivity contribution in [3.63, 3.8) is 0 Å². The second-order valence-corrected chi connectivity index (χ2v) is 11.1. The van der Waals surface area contributed by atoms with E-state index in [1.54, 1.807) is 18.2 Å². The Labute approximate surface area is 257 Å². The summed E-state index contributed by atoms with van der Waals surface area (Å²) in [6, 6.07) is 10.6. The first-order valence-electron chi connectivity index (χ1n) is 13.2. The Bertz CT molecular complexity index is 1740. The van der Waals surface area contributed by atoms with Crippen LogP contribution in [0.15, 0.2) is 60.9 Å². The number of benzene rings is 3. The fraction of sp³-hybridized carbons (Fsp3) is 0.258. The van der Waals surface area contributed by atoms with Crippen LogP contribution in [-0.2, 0) is 16.6 Å². The van der Waals surface area contributed by atoms with E-state index in [2.05, 4.69) is 15.3 Å². The Kier molecular flexibility index (Phi) is 9.38. The maximum Gasteiger partial charge on any atom is 0.416 e. The van der Waals surface area contributed by atoms with Crippen LogP contribution in [0.5, 0.6) is 17.2 Å². The Morgan fingerprint density at radius 2 is 1.84 bits per heavy atom. The Morgan fingerprint density at radius 1 is 1.11 bits per heavy atom. The van der Waals surface area contributed by atoms with Gasteiger partial charge in [-0.05, 0) is 64.3 Å². The van der Waals surface area contributed by atoms with Gasteiger partial charge in [0, 0.05) is 40.4 Å². The number of aliphatic hydroxyl groups is 1. The highest BCUT2D eigenvalue weighted by molar-refractivity contribution is 6.32. The number of carbonyl (C=O) groups is 1. The number of nitrogens with two attached hydrogens (primary N) is 1. The van der Waals surface area contributed by atoms with Crippen molar-refractivity contribution in [1.29, 1.82) is 0 Å². The number of fused-ring (bicyclic) bond motifs is 1. The third kappa shape index (κ3) is 7.39. The summed E-state index contributed by atoms with van der Waals surface area (Å²) in [7, 11) is 5.17. The van der Waals surface area contributed by atoms with Crippen LogP contribution in [0.4, 0.5) is 24.7 Å². The Balaban J connectivity index is 1.81. The van der Waals surface area contributed by atoms with Crippen molar-refractivity contribution in [2.45, 2.75) is 25.6 Å². The number of hydrogen-bond acceptors (Lipinski definition) is 8. The van der Waals surface area contributed by atoms with Crippen molar-refractivity contribution in [2.75, 3.05) is 33.1 Å². The zero-order valence-electron chi connectivity index (χ0n) is 24.6.